The van der Waals surface area contributed by atoms with Gasteiger partial charge < -0.3 is 5.11 Å². The number of anilines is 1. The Kier molecular flexibility index (Phi) is 3.70. The molecule has 0 aliphatic heterocycles. The van der Waals surface area contributed by atoms with Crippen LogP contribution in [0.15, 0.2) is 18.2 Å². The molecule has 0 radical (unpaired) electrons. The predicted molar refractivity (Wildman–Crippen MR) is 61.2 cm³/mol. The van der Waals surface area contributed by atoms with Crippen molar-refractivity contribution in [2.45, 2.75) is 6.92 Å². The summed E-state index contributed by atoms with van der Waals surface area (Å²) >= 11 is 0. The molecule has 0 unspecified atom stereocenters. The van der Waals surface area contributed by atoms with Gasteiger partial charge in [-0.1, -0.05) is 12.1 Å². The zero-order valence-electron chi connectivity index (χ0n) is 8.97. The lowest BCUT2D eigenvalue weighted by molar-refractivity contribution is 0.0697. The number of aryl methyl sites for hydroxylation is 1. The van der Waals surface area contributed by atoms with E-state index in [-0.39, 0.29) is 11.3 Å². The standard InChI is InChI=1S/C10H10N2O4S/c1-7-3-2-4-8(9(7)10(13)14)12-17(15,16)6-5-11/h2-4,12H,6H2,1H3,(H,13,14). The molecule has 17 heavy (non-hydrogen) atoms. The van der Waals surface area contributed by atoms with Crippen molar-refractivity contribution in [3.63, 3.8) is 0 Å². The fourth-order valence-corrected chi connectivity index (χ4v) is 2.07. The van der Waals surface area contributed by atoms with E-state index in [1.165, 1.54) is 18.2 Å². The van der Waals surface area contributed by atoms with Crippen LogP contribution in [0.2, 0.25) is 0 Å². The molecule has 90 valence electrons. The molecular formula is C10H10N2O4S. The fourth-order valence-electron chi connectivity index (χ4n) is 1.33. The first-order valence-electron chi connectivity index (χ1n) is 4.58. The number of nitrogens with zero attached hydrogens (tertiary/aromatic N) is 1. The second-order valence-corrected chi connectivity index (χ2v) is 5.04. The van der Waals surface area contributed by atoms with Crippen LogP contribution in [0.1, 0.15) is 15.9 Å². The monoisotopic (exact) mass is 254 g/mol. The van der Waals surface area contributed by atoms with E-state index in [1.807, 2.05) is 0 Å². The number of carbonyl (C=O) groups is 1. The lowest BCUT2D eigenvalue weighted by Gasteiger charge is -2.10. The van der Waals surface area contributed by atoms with Crippen LogP contribution in [0.5, 0.6) is 0 Å². The molecule has 0 bridgehead atoms. The minimum atomic E-state index is -3.83. The van der Waals surface area contributed by atoms with Gasteiger partial charge in [-0.3, -0.25) is 4.72 Å². The predicted octanol–water partition coefficient (Wildman–Crippen LogP) is 0.959. The number of nitriles is 1. The van der Waals surface area contributed by atoms with Gasteiger partial charge in [-0.25, -0.2) is 13.2 Å². The van der Waals surface area contributed by atoms with Crippen LogP contribution in [0.25, 0.3) is 0 Å². The molecule has 0 amide bonds. The SMILES string of the molecule is Cc1cccc(NS(=O)(=O)CC#N)c1C(=O)O. The Bertz CT molecular complexity index is 587. The quantitative estimate of drug-likeness (QED) is 0.832. The molecule has 0 aliphatic carbocycles. The van der Waals surface area contributed by atoms with Crippen LogP contribution in [-0.4, -0.2) is 25.2 Å². The number of hydrogen-bond donors (Lipinski definition) is 2. The lowest BCUT2D eigenvalue weighted by Crippen LogP contribution is -2.18. The van der Waals surface area contributed by atoms with E-state index in [0.717, 1.165) is 0 Å². The van der Waals surface area contributed by atoms with Crippen molar-refractivity contribution in [2.75, 3.05) is 10.5 Å². The Hall–Kier alpha value is -2.07. The molecule has 0 aliphatic rings. The second-order valence-electron chi connectivity index (χ2n) is 3.32. The van der Waals surface area contributed by atoms with Crippen LogP contribution in [0, 0.1) is 18.3 Å². The second kappa shape index (κ2) is 4.84. The Labute approximate surface area is 98.6 Å². The summed E-state index contributed by atoms with van der Waals surface area (Å²) in [6.07, 6.45) is 0. The van der Waals surface area contributed by atoms with Crippen LogP contribution in [-0.2, 0) is 10.0 Å². The number of nitrogens with one attached hydrogen (secondary N) is 1. The van der Waals surface area contributed by atoms with Crippen molar-refractivity contribution in [3.8, 4) is 6.07 Å². The highest BCUT2D eigenvalue weighted by atomic mass is 32.2. The molecule has 6 nitrogen and oxygen atoms in total. The molecule has 0 saturated carbocycles. The topological polar surface area (TPSA) is 107 Å². The Balaban J connectivity index is 3.21. The molecule has 1 aromatic rings. The molecule has 2 N–H and O–H groups in total. The lowest BCUT2D eigenvalue weighted by atomic mass is 10.1. The van der Waals surface area contributed by atoms with E-state index in [0.29, 0.717) is 5.56 Å². The summed E-state index contributed by atoms with van der Waals surface area (Å²) in [6.45, 7) is 1.56. The van der Waals surface area contributed by atoms with Gasteiger partial charge in [0.2, 0.25) is 10.0 Å². The van der Waals surface area contributed by atoms with Gasteiger partial charge in [0.25, 0.3) is 0 Å². The highest BCUT2D eigenvalue weighted by Gasteiger charge is 2.17. The van der Waals surface area contributed by atoms with E-state index >= 15 is 0 Å². The first-order valence-corrected chi connectivity index (χ1v) is 6.23. The summed E-state index contributed by atoms with van der Waals surface area (Å²) in [6, 6.07) is 5.93. The van der Waals surface area contributed by atoms with Gasteiger partial charge in [0.15, 0.2) is 5.75 Å². The minimum absolute atomic E-state index is 0.0345. The van der Waals surface area contributed by atoms with E-state index in [1.54, 1.807) is 13.0 Å². The number of hydrogen-bond acceptors (Lipinski definition) is 4. The highest BCUT2D eigenvalue weighted by Crippen LogP contribution is 2.20. The number of sulfonamides is 1. The summed E-state index contributed by atoms with van der Waals surface area (Å²) in [5, 5.41) is 17.3. The Morgan fingerprint density at radius 2 is 2.18 bits per heavy atom. The third-order valence-corrected chi connectivity index (χ3v) is 3.05. The molecule has 7 heteroatoms. The zero-order valence-corrected chi connectivity index (χ0v) is 9.78. The Morgan fingerprint density at radius 1 is 1.53 bits per heavy atom. The van der Waals surface area contributed by atoms with Crippen molar-refractivity contribution in [1.29, 1.82) is 5.26 Å². The van der Waals surface area contributed by atoms with Crippen LogP contribution in [0.3, 0.4) is 0 Å². The zero-order chi connectivity index (χ0) is 13.1. The van der Waals surface area contributed by atoms with Gasteiger partial charge in [-0.2, -0.15) is 5.26 Å². The fraction of sp³-hybridized carbons (Fsp3) is 0.200. The largest absolute Gasteiger partial charge is 0.478 e. The maximum Gasteiger partial charge on any atom is 0.338 e. The summed E-state index contributed by atoms with van der Waals surface area (Å²) in [5.41, 5.74) is 0.288. The van der Waals surface area contributed by atoms with E-state index in [2.05, 4.69) is 4.72 Å². The summed E-state index contributed by atoms with van der Waals surface area (Å²) < 4.78 is 24.8. The summed E-state index contributed by atoms with van der Waals surface area (Å²) in [5.74, 6) is -1.95. The van der Waals surface area contributed by atoms with E-state index in [9.17, 15) is 13.2 Å². The summed E-state index contributed by atoms with van der Waals surface area (Å²) in [7, 11) is -3.83. The van der Waals surface area contributed by atoms with E-state index < -0.39 is 21.7 Å². The number of carboxylic acid groups (broad SMARTS) is 1. The molecule has 0 aromatic heterocycles. The van der Waals surface area contributed by atoms with Crippen molar-refractivity contribution in [3.05, 3.63) is 29.3 Å². The maximum atomic E-state index is 11.4. The first kappa shape index (κ1) is 13.0. The molecule has 0 fully saturated rings. The number of benzene rings is 1. The Morgan fingerprint density at radius 3 is 2.71 bits per heavy atom. The average molecular weight is 254 g/mol. The number of aromatic carboxylic acids is 1. The average Bonchev–Trinajstić information content (AvgIpc) is 2.15. The molecule has 0 heterocycles. The molecule has 1 aromatic carbocycles. The van der Waals surface area contributed by atoms with Gasteiger partial charge in [0, 0.05) is 0 Å². The van der Waals surface area contributed by atoms with Gasteiger partial charge in [-0.05, 0) is 18.6 Å². The molecule has 0 atom stereocenters. The first-order chi connectivity index (χ1) is 7.87. The number of carboxylic acids is 1. The maximum absolute atomic E-state index is 11.4. The molecular weight excluding hydrogens is 244 g/mol. The minimum Gasteiger partial charge on any atom is -0.478 e. The third kappa shape index (κ3) is 3.19. The van der Waals surface area contributed by atoms with Gasteiger partial charge in [0.1, 0.15) is 0 Å². The summed E-state index contributed by atoms with van der Waals surface area (Å²) in [4.78, 5) is 11.0. The molecule has 0 spiro atoms. The van der Waals surface area contributed by atoms with Crippen LogP contribution >= 0.6 is 0 Å². The van der Waals surface area contributed by atoms with Crippen molar-refractivity contribution in [1.82, 2.24) is 0 Å². The van der Waals surface area contributed by atoms with Gasteiger partial charge in [-0.15, -0.1) is 0 Å². The van der Waals surface area contributed by atoms with Gasteiger partial charge in [0.05, 0.1) is 17.3 Å². The van der Waals surface area contributed by atoms with E-state index in [4.69, 9.17) is 10.4 Å². The smallest absolute Gasteiger partial charge is 0.338 e. The normalized spacial score (nSPS) is 10.6. The third-order valence-electron chi connectivity index (χ3n) is 2.01. The molecule has 1 rings (SSSR count). The molecule has 0 saturated heterocycles. The van der Waals surface area contributed by atoms with Crippen molar-refractivity contribution in [2.24, 2.45) is 0 Å². The van der Waals surface area contributed by atoms with Crippen LogP contribution in [0.4, 0.5) is 5.69 Å². The van der Waals surface area contributed by atoms with Crippen LogP contribution < -0.4 is 4.72 Å². The van der Waals surface area contributed by atoms with Crippen molar-refractivity contribution < 1.29 is 18.3 Å². The van der Waals surface area contributed by atoms with Crippen molar-refractivity contribution >= 4 is 21.7 Å². The highest BCUT2D eigenvalue weighted by molar-refractivity contribution is 7.92. The van der Waals surface area contributed by atoms with Gasteiger partial charge >= 0.3 is 5.97 Å². The number of rotatable bonds is 4.